The Morgan fingerprint density at radius 3 is 2.51 bits per heavy atom. The fourth-order valence-corrected chi connectivity index (χ4v) is 7.83. The van der Waals surface area contributed by atoms with Crippen LogP contribution in [0, 0.1) is 17.8 Å². The topological polar surface area (TPSA) is 119 Å². The Morgan fingerprint density at radius 2 is 1.85 bits per heavy atom. The predicted molar refractivity (Wildman–Crippen MR) is 182 cm³/mol. The molecule has 0 unspecified atom stereocenters. The number of allylic oxidation sites excluding steroid dienone is 1. The van der Waals surface area contributed by atoms with Crippen molar-refractivity contribution in [3.63, 3.8) is 0 Å². The van der Waals surface area contributed by atoms with Crippen molar-refractivity contribution in [1.82, 2.24) is 4.90 Å². The van der Waals surface area contributed by atoms with Crippen LogP contribution in [0.2, 0.25) is 0 Å². The highest BCUT2D eigenvalue weighted by molar-refractivity contribution is 6.02. The van der Waals surface area contributed by atoms with Gasteiger partial charge >= 0.3 is 6.09 Å². The summed E-state index contributed by atoms with van der Waals surface area (Å²) < 4.78 is 25.6. The van der Waals surface area contributed by atoms with Gasteiger partial charge in [-0.05, 0) is 74.6 Å². The molecule has 0 radical (unpaired) electrons. The molecule has 2 aliphatic carbocycles. The van der Waals surface area contributed by atoms with Crippen LogP contribution in [-0.4, -0.2) is 85.4 Å². The monoisotopic (exact) mass is 654 g/mol. The molecule has 1 aromatic rings. The lowest BCUT2D eigenvalue weighted by atomic mass is 9.55. The lowest BCUT2D eigenvalue weighted by Crippen LogP contribution is -2.70. The smallest absolute Gasteiger partial charge is 0.410 e. The number of hydrogen-bond acceptors (Lipinski definition) is 9. The van der Waals surface area contributed by atoms with Crippen molar-refractivity contribution in [2.24, 2.45) is 22.9 Å². The number of ether oxygens (including phenoxy) is 4. The molecule has 1 saturated carbocycles. The maximum atomic E-state index is 13.7. The number of hydrogen-bond donors (Lipinski definition) is 2. The van der Waals surface area contributed by atoms with Crippen LogP contribution in [0.4, 0.5) is 4.79 Å². The summed E-state index contributed by atoms with van der Waals surface area (Å²) in [6.07, 6.45) is 11.3. The summed E-state index contributed by atoms with van der Waals surface area (Å²) in [6, 6.07) is 5.32. The molecule has 1 aromatic carbocycles. The summed E-state index contributed by atoms with van der Waals surface area (Å²) in [5, 5.41) is 24.0. The van der Waals surface area contributed by atoms with Gasteiger partial charge in [-0.25, -0.2) is 4.79 Å². The molecule has 1 fully saturated rings. The summed E-state index contributed by atoms with van der Waals surface area (Å²) in [5.74, 6) is -0.0625. The van der Waals surface area contributed by atoms with Crippen LogP contribution in [0.25, 0.3) is 0 Å². The summed E-state index contributed by atoms with van der Waals surface area (Å²) in [7, 11) is 1.54. The molecule has 2 N–H and O–H groups in total. The quantitative estimate of drug-likeness (QED) is 0.100. The maximum absolute atomic E-state index is 13.7. The molecule has 0 bridgehead atoms. The minimum absolute atomic E-state index is 0.107. The van der Waals surface area contributed by atoms with Crippen LogP contribution in [0.3, 0.4) is 0 Å². The molecule has 260 valence electrons. The SMILES string of the molecule is C=CCOc1ccc2c(c1)[C@H]1[C@H](CCCCO)[C@@H](CCCCO)C=C3C(=NOC)C[C@H](N(CCC)C(=O)OCC)[C@@](OCC=C)(O2)[C@H]31. The van der Waals surface area contributed by atoms with Crippen molar-refractivity contribution in [3.05, 3.63) is 60.7 Å². The van der Waals surface area contributed by atoms with Gasteiger partial charge in [-0.15, -0.1) is 6.58 Å². The van der Waals surface area contributed by atoms with Crippen molar-refractivity contribution >= 4 is 11.8 Å². The average molecular weight is 655 g/mol. The van der Waals surface area contributed by atoms with Crippen molar-refractivity contribution in [2.75, 3.05) is 46.7 Å². The normalized spacial score (nSPS) is 26.7. The highest BCUT2D eigenvalue weighted by atomic mass is 16.7. The van der Waals surface area contributed by atoms with E-state index in [2.05, 4.69) is 30.5 Å². The van der Waals surface area contributed by atoms with Gasteiger partial charge in [0, 0.05) is 37.7 Å². The molecule has 1 amide bonds. The first-order valence-corrected chi connectivity index (χ1v) is 17.2. The minimum atomic E-state index is -1.29. The number of unbranched alkanes of at least 4 members (excludes halogenated alkanes) is 2. The van der Waals surface area contributed by atoms with E-state index in [1.807, 2.05) is 19.1 Å². The summed E-state index contributed by atoms with van der Waals surface area (Å²) in [5.41, 5.74) is 2.76. The minimum Gasteiger partial charge on any atom is -0.490 e. The number of aliphatic hydroxyl groups excluding tert-OH is 2. The summed E-state index contributed by atoms with van der Waals surface area (Å²) in [6.45, 7) is 13.1. The third kappa shape index (κ3) is 7.87. The summed E-state index contributed by atoms with van der Waals surface area (Å²) in [4.78, 5) is 20.9. The molecule has 47 heavy (non-hydrogen) atoms. The van der Waals surface area contributed by atoms with E-state index in [1.165, 1.54) is 0 Å². The molecule has 0 saturated heterocycles. The highest BCUT2D eigenvalue weighted by Crippen LogP contribution is 2.61. The van der Waals surface area contributed by atoms with Gasteiger partial charge in [0.25, 0.3) is 0 Å². The van der Waals surface area contributed by atoms with E-state index < -0.39 is 17.9 Å². The van der Waals surface area contributed by atoms with E-state index in [-0.39, 0.29) is 50.1 Å². The first-order chi connectivity index (χ1) is 22.9. The zero-order valence-electron chi connectivity index (χ0n) is 28.4. The number of carbonyl (C=O) groups is 1. The van der Waals surface area contributed by atoms with Crippen LogP contribution in [0.5, 0.6) is 11.5 Å². The molecule has 0 spiro atoms. The number of fused-ring (bicyclic) bond motifs is 2. The third-order valence-corrected chi connectivity index (χ3v) is 9.56. The fraction of sp³-hybridized carbons (Fsp3) is 0.622. The maximum Gasteiger partial charge on any atom is 0.410 e. The van der Waals surface area contributed by atoms with Gasteiger partial charge in [0.15, 0.2) is 0 Å². The Bertz CT molecular complexity index is 1260. The van der Waals surface area contributed by atoms with Gasteiger partial charge in [-0.1, -0.05) is 49.7 Å². The average Bonchev–Trinajstić information content (AvgIpc) is 3.07. The van der Waals surface area contributed by atoms with Crippen molar-refractivity contribution in [1.29, 1.82) is 0 Å². The van der Waals surface area contributed by atoms with Gasteiger partial charge in [-0.3, -0.25) is 4.90 Å². The largest absolute Gasteiger partial charge is 0.490 e. The molecule has 1 heterocycles. The molecule has 10 heteroatoms. The molecule has 0 aromatic heterocycles. The number of nitrogens with zero attached hydrogens (tertiary/aromatic N) is 2. The standard InChI is InChI=1S/C37H54N2O8/c1-6-18-39(36(42)44-9-4)33-25-31(38-43-5)29-23-26(14-10-12-19-40)28(15-11-13-20-41)34-30-24-27(45-21-7-2)16-17-32(30)47-37(33,35(29)34)46-22-8-3/h7-8,16-17,23-24,26,28,33-35,40-41H,2-3,6,9-15,18-22,25H2,1,4-5H3/t26-,28+,33-,34+,35+,37+/m0/s1. The van der Waals surface area contributed by atoms with E-state index >= 15 is 0 Å². The molecule has 6 atom stereocenters. The Morgan fingerprint density at radius 1 is 1.11 bits per heavy atom. The Labute approximate surface area is 280 Å². The van der Waals surface area contributed by atoms with Crippen LogP contribution < -0.4 is 9.47 Å². The zero-order valence-corrected chi connectivity index (χ0v) is 28.4. The second kappa shape index (κ2) is 17.7. The molecule has 4 rings (SSSR count). The number of amides is 1. The fourth-order valence-electron chi connectivity index (χ4n) is 7.83. The van der Waals surface area contributed by atoms with Crippen LogP contribution in [0.15, 0.2) is 60.3 Å². The van der Waals surface area contributed by atoms with E-state index in [1.54, 1.807) is 31.1 Å². The van der Waals surface area contributed by atoms with Crippen LogP contribution in [0.1, 0.15) is 76.7 Å². The van der Waals surface area contributed by atoms with Crippen LogP contribution >= 0.6 is 0 Å². The number of benzene rings is 1. The number of aliphatic hydroxyl groups is 2. The molecular weight excluding hydrogens is 600 g/mol. The highest BCUT2D eigenvalue weighted by Gasteiger charge is 2.65. The second-order valence-corrected chi connectivity index (χ2v) is 12.4. The van der Waals surface area contributed by atoms with Gasteiger partial charge in [0.2, 0.25) is 5.79 Å². The Kier molecular flexibility index (Phi) is 13.8. The number of oxime groups is 1. The van der Waals surface area contributed by atoms with Gasteiger partial charge in [0.1, 0.15) is 31.3 Å². The zero-order chi connectivity index (χ0) is 33.8. The molecule has 3 aliphatic rings. The first-order valence-electron chi connectivity index (χ1n) is 17.2. The van der Waals surface area contributed by atoms with E-state index in [0.29, 0.717) is 43.9 Å². The number of carbonyl (C=O) groups excluding carboxylic acids is 1. The van der Waals surface area contributed by atoms with E-state index in [0.717, 1.165) is 49.0 Å². The van der Waals surface area contributed by atoms with Crippen molar-refractivity contribution in [2.45, 2.75) is 83.0 Å². The lowest BCUT2D eigenvalue weighted by molar-refractivity contribution is -0.255. The molecular formula is C37H54N2O8. The van der Waals surface area contributed by atoms with Crippen LogP contribution in [-0.2, 0) is 14.3 Å². The predicted octanol–water partition coefficient (Wildman–Crippen LogP) is 6.38. The number of rotatable bonds is 19. The molecule has 10 nitrogen and oxygen atoms in total. The van der Waals surface area contributed by atoms with Gasteiger partial charge in [-0.2, -0.15) is 0 Å². The Balaban J connectivity index is 2.02. The van der Waals surface area contributed by atoms with Crippen molar-refractivity contribution in [3.8, 4) is 11.5 Å². The van der Waals surface area contributed by atoms with E-state index in [9.17, 15) is 15.0 Å². The first kappa shape index (κ1) is 36.5. The summed E-state index contributed by atoms with van der Waals surface area (Å²) >= 11 is 0. The lowest BCUT2D eigenvalue weighted by Gasteiger charge is -2.59. The third-order valence-electron chi connectivity index (χ3n) is 9.56. The molecule has 1 aliphatic heterocycles. The van der Waals surface area contributed by atoms with E-state index in [4.69, 9.17) is 23.8 Å². The van der Waals surface area contributed by atoms with Gasteiger partial charge in [0.05, 0.1) is 24.8 Å². The van der Waals surface area contributed by atoms with Crippen molar-refractivity contribution < 1.29 is 38.8 Å². The Hall–Kier alpha value is -3.34. The second-order valence-electron chi connectivity index (χ2n) is 12.4. The van der Waals surface area contributed by atoms with Gasteiger partial charge < -0.3 is 34.0 Å².